The lowest BCUT2D eigenvalue weighted by atomic mass is 9.79. The second kappa shape index (κ2) is 3.07. The molecule has 1 aliphatic rings. The largest absolute Gasteiger partial charge is 0.369 e. The zero-order valence-electron chi connectivity index (χ0n) is 6.97. The van der Waals surface area contributed by atoms with E-state index in [1.54, 1.807) is 0 Å². The summed E-state index contributed by atoms with van der Waals surface area (Å²) in [7, 11) is 0. The minimum atomic E-state index is -0.207. The van der Waals surface area contributed by atoms with Crippen LogP contribution in [0.25, 0.3) is 0 Å². The molecular formula is C9H15NO. The summed E-state index contributed by atoms with van der Waals surface area (Å²) in [6, 6.07) is 0. The van der Waals surface area contributed by atoms with Crippen LogP contribution in [0.3, 0.4) is 0 Å². The molecule has 0 spiro atoms. The third-order valence-electron chi connectivity index (χ3n) is 2.43. The van der Waals surface area contributed by atoms with Gasteiger partial charge in [-0.2, -0.15) is 0 Å². The third kappa shape index (κ3) is 1.82. The van der Waals surface area contributed by atoms with Gasteiger partial charge in [0.2, 0.25) is 5.91 Å². The summed E-state index contributed by atoms with van der Waals surface area (Å²) in [6.07, 6.45) is 3.02. The fourth-order valence-electron chi connectivity index (χ4n) is 1.61. The fraction of sp³-hybridized carbons (Fsp3) is 0.667. The number of carbonyl (C=O) groups is 1. The van der Waals surface area contributed by atoms with Crippen molar-refractivity contribution in [2.45, 2.75) is 26.2 Å². The van der Waals surface area contributed by atoms with Gasteiger partial charge in [0.1, 0.15) is 0 Å². The Balaban J connectivity index is 2.61. The lowest BCUT2D eigenvalue weighted by Crippen LogP contribution is -2.29. The predicted molar refractivity (Wildman–Crippen MR) is 44.8 cm³/mol. The van der Waals surface area contributed by atoms with Crippen LogP contribution in [-0.2, 0) is 4.79 Å². The SMILES string of the molecule is C=C1CCC(C)CC1C(N)=O. The molecule has 11 heavy (non-hydrogen) atoms. The molecule has 0 radical (unpaired) electrons. The lowest BCUT2D eigenvalue weighted by Gasteiger charge is -2.26. The van der Waals surface area contributed by atoms with Gasteiger partial charge in [-0.15, -0.1) is 0 Å². The van der Waals surface area contributed by atoms with Crippen molar-refractivity contribution in [2.24, 2.45) is 17.6 Å². The quantitative estimate of drug-likeness (QED) is 0.569. The van der Waals surface area contributed by atoms with Crippen molar-refractivity contribution in [3.63, 3.8) is 0 Å². The zero-order chi connectivity index (χ0) is 8.43. The van der Waals surface area contributed by atoms with Crippen LogP contribution < -0.4 is 5.73 Å². The van der Waals surface area contributed by atoms with Gasteiger partial charge in [-0.25, -0.2) is 0 Å². The number of hydrogen-bond acceptors (Lipinski definition) is 1. The highest BCUT2D eigenvalue weighted by Crippen LogP contribution is 2.31. The molecule has 2 unspecified atom stereocenters. The first-order valence-corrected chi connectivity index (χ1v) is 4.08. The molecule has 1 saturated carbocycles. The molecule has 1 aliphatic carbocycles. The first-order chi connectivity index (χ1) is 5.11. The standard InChI is InChI=1S/C9H15NO/c1-6-3-4-7(2)8(5-6)9(10)11/h6,8H,2-5H2,1H3,(H2,10,11). The van der Waals surface area contributed by atoms with Gasteiger partial charge in [0.05, 0.1) is 5.92 Å². The van der Waals surface area contributed by atoms with Gasteiger partial charge in [-0.05, 0) is 25.2 Å². The maximum Gasteiger partial charge on any atom is 0.224 e. The summed E-state index contributed by atoms with van der Waals surface area (Å²) in [6.45, 7) is 6.01. The Morgan fingerprint density at radius 1 is 1.73 bits per heavy atom. The van der Waals surface area contributed by atoms with Crippen LogP contribution in [0.2, 0.25) is 0 Å². The average Bonchev–Trinajstić information content (AvgIpc) is 1.94. The predicted octanol–water partition coefficient (Wildman–Crippen LogP) is 1.46. The Bertz CT molecular complexity index is 186. The second-order valence-electron chi connectivity index (χ2n) is 3.49. The van der Waals surface area contributed by atoms with Gasteiger partial charge >= 0.3 is 0 Å². The highest BCUT2D eigenvalue weighted by molar-refractivity contribution is 5.79. The monoisotopic (exact) mass is 153 g/mol. The molecule has 1 rings (SSSR count). The van der Waals surface area contributed by atoms with Crippen LogP contribution in [0.1, 0.15) is 26.2 Å². The lowest BCUT2D eigenvalue weighted by molar-refractivity contribution is -0.121. The molecule has 0 aliphatic heterocycles. The Kier molecular flexibility index (Phi) is 2.32. The zero-order valence-corrected chi connectivity index (χ0v) is 6.97. The molecule has 62 valence electrons. The molecule has 1 amide bonds. The van der Waals surface area contributed by atoms with Crippen LogP contribution in [0, 0.1) is 11.8 Å². The van der Waals surface area contributed by atoms with Crippen LogP contribution in [0.5, 0.6) is 0 Å². The van der Waals surface area contributed by atoms with Crippen molar-refractivity contribution in [1.29, 1.82) is 0 Å². The Hall–Kier alpha value is -0.790. The van der Waals surface area contributed by atoms with Crippen LogP contribution in [0.15, 0.2) is 12.2 Å². The molecule has 0 aromatic carbocycles. The van der Waals surface area contributed by atoms with Crippen molar-refractivity contribution in [1.82, 2.24) is 0 Å². The summed E-state index contributed by atoms with van der Waals surface area (Å²) in [5, 5.41) is 0. The maximum atomic E-state index is 10.9. The molecule has 0 heterocycles. The van der Waals surface area contributed by atoms with Crippen molar-refractivity contribution < 1.29 is 4.79 Å². The van der Waals surface area contributed by atoms with E-state index in [1.807, 2.05) is 0 Å². The number of primary amides is 1. The van der Waals surface area contributed by atoms with Crippen molar-refractivity contribution in [2.75, 3.05) is 0 Å². The van der Waals surface area contributed by atoms with E-state index in [4.69, 9.17) is 5.73 Å². The molecule has 1 fully saturated rings. The summed E-state index contributed by atoms with van der Waals surface area (Å²) in [5.41, 5.74) is 6.24. The molecule has 2 nitrogen and oxygen atoms in total. The summed E-state index contributed by atoms with van der Waals surface area (Å²) in [4.78, 5) is 10.9. The van der Waals surface area contributed by atoms with Crippen LogP contribution in [0.4, 0.5) is 0 Å². The number of carbonyl (C=O) groups excluding carboxylic acids is 1. The second-order valence-corrected chi connectivity index (χ2v) is 3.49. The van der Waals surface area contributed by atoms with Crippen LogP contribution in [-0.4, -0.2) is 5.91 Å². The topological polar surface area (TPSA) is 43.1 Å². The smallest absolute Gasteiger partial charge is 0.224 e. The van der Waals surface area contributed by atoms with E-state index in [1.165, 1.54) is 0 Å². The Labute approximate surface area is 67.5 Å². The molecular weight excluding hydrogens is 138 g/mol. The van der Waals surface area contributed by atoms with Crippen molar-refractivity contribution in [3.8, 4) is 0 Å². The molecule has 0 aromatic heterocycles. The average molecular weight is 153 g/mol. The first-order valence-electron chi connectivity index (χ1n) is 4.08. The van der Waals surface area contributed by atoms with Crippen molar-refractivity contribution >= 4 is 5.91 Å². The van der Waals surface area contributed by atoms with Gasteiger partial charge in [0.25, 0.3) is 0 Å². The fourth-order valence-corrected chi connectivity index (χ4v) is 1.61. The number of amides is 1. The van der Waals surface area contributed by atoms with Gasteiger partial charge in [-0.1, -0.05) is 19.1 Å². The molecule has 0 bridgehead atoms. The number of nitrogens with two attached hydrogens (primary N) is 1. The van der Waals surface area contributed by atoms with E-state index in [-0.39, 0.29) is 11.8 Å². The summed E-state index contributed by atoms with van der Waals surface area (Å²) < 4.78 is 0. The third-order valence-corrected chi connectivity index (χ3v) is 2.43. The van der Waals surface area contributed by atoms with E-state index in [9.17, 15) is 4.79 Å². The maximum absolute atomic E-state index is 10.9. The molecule has 2 atom stereocenters. The van der Waals surface area contributed by atoms with Gasteiger partial charge in [0, 0.05) is 0 Å². The van der Waals surface area contributed by atoms with E-state index >= 15 is 0 Å². The molecule has 0 saturated heterocycles. The van der Waals surface area contributed by atoms with E-state index in [2.05, 4.69) is 13.5 Å². The minimum absolute atomic E-state index is 0.0567. The number of rotatable bonds is 1. The van der Waals surface area contributed by atoms with E-state index < -0.39 is 0 Å². The molecule has 2 N–H and O–H groups in total. The van der Waals surface area contributed by atoms with Gasteiger partial charge < -0.3 is 5.73 Å². The summed E-state index contributed by atoms with van der Waals surface area (Å²) in [5.74, 6) is 0.360. The van der Waals surface area contributed by atoms with Crippen molar-refractivity contribution in [3.05, 3.63) is 12.2 Å². The molecule has 2 heteroatoms. The molecule has 0 aromatic rings. The first kappa shape index (κ1) is 8.31. The van der Waals surface area contributed by atoms with Gasteiger partial charge in [0.15, 0.2) is 0 Å². The van der Waals surface area contributed by atoms with E-state index in [0.717, 1.165) is 24.8 Å². The number of hydrogen-bond donors (Lipinski definition) is 1. The summed E-state index contributed by atoms with van der Waals surface area (Å²) >= 11 is 0. The van der Waals surface area contributed by atoms with Gasteiger partial charge in [-0.3, -0.25) is 4.79 Å². The minimum Gasteiger partial charge on any atom is -0.369 e. The van der Waals surface area contributed by atoms with E-state index in [0.29, 0.717) is 5.92 Å². The highest BCUT2D eigenvalue weighted by atomic mass is 16.1. The Morgan fingerprint density at radius 2 is 2.36 bits per heavy atom. The highest BCUT2D eigenvalue weighted by Gasteiger charge is 2.25. The Morgan fingerprint density at radius 3 is 2.82 bits per heavy atom. The normalized spacial score (nSPS) is 31.9. The van der Waals surface area contributed by atoms with Crippen LogP contribution >= 0.6 is 0 Å².